The van der Waals surface area contributed by atoms with E-state index in [-0.39, 0.29) is 0 Å². The van der Waals surface area contributed by atoms with Gasteiger partial charge in [-0.05, 0) is 6.92 Å². The summed E-state index contributed by atoms with van der Waals surface area (Å²) in [6.07, 6.45) is 5.34. The van der Waals surface area contributed by atoms with Gasteiger partial charge in [0.2, 0.25) is 0 Å². The molecule has 2 N–H and O–H groups in total. The molecule has 0 aliphatic carbocycles. The van der Waals surface area contributed by atoms with Crippen LogP contribution in [0.3, 0.4) is 0 Å². The Morgan fingerprint density at radius 2 is 2.23 bits per heavy atom. The molecule has 1 heterocycles. The topological polar surface area (TPSA) is 38.9 Å². The quantitative estimate of drug-likeness (QED) is 0.748. The van der Waals surface area contributed by atoms with Gasteiger partial charge in [-0.25, -0.2) is 4.98 Å². The Balaban J connectivity index is 3.18. The number of aromatic nitrogens is 1. The minimum Gasteiger partial charge on any atom is -0.375 e. The van der Waals surface area contributed by atoms with Crippen molar-refractivity contribution in [2.45, 2.75) is 6.92 Å². The highest BCUT2D eigenvalue weighted by molar-refractivity contribution is 7.15. The number of aryl methyl sites for hydroxylation is 1. The standard InChI is InChI=1S/C10H12N2S/c1-4-6-8(5-2)9-7(3)13-10(11)12-9/h4-6H,1-2H2,3H3,(H2,11,12)/b8-6+. The lowest BCUT2D eigenvalue weighted by Crippen LogP contribution is -1.86. The Hall–Kier alpha value is -1.35. The molecule has 0 amide bonds. The third-order valence-electron chi connectivity index (χ3n) is 1.60. The molecule has 0 aromatic carbocycles. The fourth-order valence-corrected chi connectivity index (χ4v) is 1.77. The largest absolute Gasteiger partial charge is 0.375 e. The number of hydrogen-bond donors (Lipinski definition) is 1. The molecule has 0 saturated carbocycles. The summed E-state index contributed by atoms with van der Waals surface area (Å²) in [6.45, 7) is 9.33. The third kappa shape index (κ3) is 2.06. The highest BCUT2D eigenvalue weighted by atomic mass is 32.1. The van der Waals surface area contributed by atoms with Crippen molar-refractivity contribution in [3.05, 3.63) is 42.0 Å². The second-order valence-electron chi connectivity index (χ2n) is 2.52. The van der Waals surface area contributed by atoms with Gasteiger partial charge >= 0.3 is 0 Å². The lowest BCUT2D eigenvalue weighted by atomic mass is 10.1. The number of hydrogen-bond acceptors (Lipinski definition) is 3. The predicted molar refractivity (Wildman–Crippen MR) is 59.6 cm³/mol. The summed E-state index contributed by atoms with van der Waals surface area (Å²) in [7, 11) is 0. The van der Waals surface area contributed by atoms with Crippen molar-refractivity contribution in [3.8, 4) is 0 Å². The maximum Gasteiger partial charge on any atom is 0.180 e. The molecule has 68 valence electrons. The van der Waals surface area contributed by atoms with E-state index in [1.165, 1.54) is 11.3 Å². The molecular formula is C10H12N2S. The summed E-state index contributed by atoms with van der Waals surface area (Å²) >= 11 is 1.48. The van der Waals surface area contributed by atoms with Crippen LogP contribution in [0.4, 0.5) is 5.13 Å². The van der Waals surface area contributed by atoms with E-state index in [0.717, 1.165) is 16.1 Å². The lowest BCUT2D eigenvalue weighted by Gasteiger charge is -1.96. The summed E-state index contributed by atoms with van der Waals surface area (Å²) in [5.74, 6) is 0. The summed E-state index contributed by atoms with van der Waals surface area (Å²) in [5, 5.41) is 0.587. The van der Waals surface area contributed by atoms with E-state index in [9.17, 15) is 0 Å². The molecule has 0 unspecified atom stereocenters. The summed E-state index contributed by atoms with van der Waals surface area (Å²) in [5.41, 5.74) is 7.45. The predicted octanol–water partition coefficient (Wildman–Crippen LogP) is 2.79. The van der Waals surface area contributed by atoms with E-state index in [4.69, 9.17) is 5.73 Å². The Labute approximate surface area is 82.1 Å². The molecule has 1 aromatic heterocycles. The van der Waals surface area contributed by atoms with Crippen molar-refractivity contribution < 1.29 is 0 Å². The number of thiazole rings is 1. The van der Waals surface area contributed by atoms with Gasteiger partial charge in [0.15, 0.2) is 5.13 Å². The maximum atomic E-state index is 5.59. The van der Waals surface area contributed by atoms with Gasteiger partial charge in [-0.15, -0.1) is 11.3 Å². The SMILES string of the molecule is C=C/C=C(\C=C)c1nc(N)sc1C. The van der Waals surface area contributed by atoms with Gasteiger partial charge in [0, 0.05) is 10.5 Å². The van der Waals surface area contributed by atoms with Crippen LogP contribution in [0.25, 0.3) is 5.57 Å². The Bertz CT molecular complexity index is 361. The van der Waals surface area contributed by atoms with Crippen LogP contribution in [0.2, 0.25) is 0 Å². The van der Waals surface area contributed by atoms with Gasteiger partial charge in [0.1, 0.15) is 0 Å². The molecule has 0 fully saturated rings. The first-order valence-electron chi connectivity index (χ1n) is 3.87. The highest BCUT2D eigenvalue weighted by Gasteiger charge is 2.06. The van der Waals surface area contributed by atoms with Crippen molar-refractivity contribution in [3.63, 3.8) is 0 Å². The number of anilines is 1. The molecular weight excluding hydrogens is 180 g/mol. The highest BCUT2D eigenvalue weighted by Crippen LogP contribution is 2.25. The minimum atomic E-state index is 0.587. The first-order valence-corrected chi connectivity index (χ1v) is 4.69. The summed E-state index contributed by atoms with van der Waals surface area (Å²) in [6, 6.07) is 0. The van der Waals surface area contributed by atoms with Crippen LogP contribution in [0.5, 0.6) is 0 Å². The van der Waals surface area contributed by atoms with Gasteiger partial charge in [0.25, 0.3) is 0 Å². The zero-order valence-corrected chi connectivity index (χ0v) is 8.40. The van der Waals surface area contributed by atoms with Crippen molar-refractivity contribution in [2.75, 3.05) is 5.73 Å². The monoisotopic (exact) mass is 192 g/mol. The van der Waals surface area contributed by atoms with Gasteiger partial charge in [-0.2, -0.15) is 0 Å². The van der Waals surface area contributed by atoms with Crippen LogP contribution in [0, 0.1) is 6.92 Å². The van der Waals surface area contributed by atoms with Gasteiger partial charge < -0.3 is 5.73 Å². The molecule has 0 aliphatic heterocycles. The molecule has 0 aliphatic rings. The maximum absolute atomic E-state index is 5.59. The summed E-state index contributed by atoms with van der Waals surface area (Å²) < 4.78 is 0. The second kappa shape index (κ2) is 4.05. The van der Waals surface area contributed by atoms with Gasteiger partial charge in [-0.1, -0.05) is 31.4 Å². The summed E-state index contributed by atoms with van der Waals surface area (Å²) in [4.78, 5) is 5.31. The molecule has 1 rings (SSSR count). The van der Waals surface area contributed by atoms with E-state index in [1.54, 1.807) is 12.2 Å². The minimum absolute atomic E-state index is 0.587. The lowest BCUT2D eigenvalue weighted by molar-refractivity contribution is 1.33. The Morgan fingerprint density at radius 3 is 2.62 bits per heavy atom. The fourth-order valence-electron chi connectivity index (χ4n) is 1.06. The van der Waals surface area contributed by atoms with Crippen molar-refractivity contribution in [1.82, 2.24) is 4.98 Å². The van der Waals surface area contributed by atoms with Crippen LogP contribution < -0.4 is 5.73 Å². The molecule has 3 heteroatoms. The average molecular weight is 192 g/mol. The molecule has 0 radical (unpaired) electrons. The first-order chi connectivity index (χ1) is 6.19. The van der Waals surface area contributed by atoms with Gasteiger partial charge in [-0.3, -0.25) is 0 Å². The van der Waals surface area contributed by atoms with E-state index in [2.05, 4.69) is 18.1 Å². The Morgan fingerprint density at radius 1 is 1.54 bits per heavy atom. The second-order valence-corrected chi connectivity index (χ2v) is 3.75. The van der Waals surface area contributed by atoms with Crippen LogP contribution in [-0.4, -0.2) is 4.98 Å². The molecule has 1 aromatic rings. The van der Waals surface area contributed by atoms with Crippen molar-refractivity contribution >= 4 is 22.0 Å². The van der Waals surface area contributed by atoms with Crippen LogP contribution >= 0.6 is 11.3 Å². The van der Waals surface area contributed by atoms with Crippen molar-refractivity contribution in [1.29, 1.82) is 0 Å². The molecule has 0 saturated heterocycles. The first kappa shape index (κ1) is 9.74. The normalized spacial score (nSPS) is 11.3. The van der Waals surface area contributed by atoms with E-state index < -0.39 is 0 Å². The number of nitrogens with zero attached hydrogens (tertiary/aromatic N) is 1. The molecule has 2 nitrogen and oxygen atoms in total. The molecule has 0 spiro atoms. The van der Waals surface area contributed by atoms with Crippen molar-refractivity contribution in [2.24, 2.45) is 0 Å². The van der Waals surface area contributed by atoms with E-state index in [1.807, 2.05) is 13.0 Å². The molecule has 13 heavy (non-hydrogen) atoms. The average Bonchev–Trinajstić information content (AvgIpc) is 2.41. The Kier molecular flexibility index (Phi) is 3.03. The van der Waals surface area contributed by atoms with E-state index in [0.29, 0.717) is 5.13 Å². The number of rotatable bonds is 3. The van der Waals surface area contributed by atoms with E-state index >= 15 is 0 Å². The van der Waals surface area contributed by atoms with Crippen LogP contribution in [0.1, 0.15) is 10.6 Å². The fraction of sp³-hybridized carbons (Fsp3) is 0.100. The zero-order valence-electron chi connectivity index (χ0n) is 7.58. The molecule has 0 bridgehead atoms. The smallest absolute Gasteiger partial charge is 0.180 e. The zero-order chi connectivity index (χ0) is 9.84. The third-order valence-corrected chi connectivity index (χ3v) is 2.40. The number of allylic oxidation sites excluding steroid dienone is 4. The molecule has 0 atom stereocenters. The number of nitrogens with two attached hydrogens (primary N) is 1. The van der Waals surface area contributed by atoms with Gasteiger partial charge in [0.05, 0.1) is 5.69 Å². The number of nitrogen functional groups attached to an aromatic ring is 1. The van der Waals surface area contributed by atoms with Crippen LogP contribution in [-0.2, 0) is 0 Å². The van der Waals surface area contributed by atoms with Crippen LogP contribution in [0.15, 0.2) is 31.4 Å².